The average Bonchev–Trinajstić information content (AvgIpc) is 2.31. The summed E-state index contributed by atoms with van der Waals surface area (Å²) in [6.07, 6.45) is 1.96. The fraction of sp³-hybridized carbons (Fsp3) is 0.750. The Kier molecular flexibility index (Phi) is 5.27. The zero-order valence-electron chi connectivity index (χ0n) is 10.9. The number of carbonyl (C=O) groups is 3. The molecule has 1 aliphatic heterocycles. The van der Waals surface area contributed by atoms with E-state index in [-0.39, 0.29) is 12.5 Å². The molecule has 0 aromatic carbocycles. The second kappa shape index (κ2) is 6.49. The second-order valence-corrected chi connectivity index (χ2v) is 4.83. The van der Waals surface area contributed by atoms with Gasteiger partial charge in [0.05, 0.1) is 0 Å². The van der Waals surface area contributed by atoms with E-state index >= 15 is 0 Å². The SMILES string of the molecule is CC(CCN)CCC(=O)N1CC(=O)NC(=O)C1C. The van der Waals surface area contributed by atoms with E-state index in [1.165, 1.54) is 4.90 Å². The highest BCUT2D eigenvalue weighted by Crippen LogP contribution is 2.13. The summed E-state index contributed by atoms with van der Waals surface area (Å²) < 4.78 is 0. The Morgan fingerprint density at radius 2 is 2.17 bits per heavy atom. The van der Waals surface area contributed by atoms with E-state index in [9.17, 15) is 14.4 Å². The predicted octanol–water partition coefficient (Wildman–Crippen LogP) is -0.375. The average molecular weight is 255 g/mol. The fourth-order valence-corrected chi connectivity index (χ4v) is 1.96. The van der Waals surface area contributed by atoms with Gasteiger partial charge in [-0.05, 0) is 32.2 Å². The van der Waals surface area contributed by atoms with Crippen LogP contribution < -0.4 is 11.1 Å². The molecule has 1 saturated heterocycles. The van der Waals surface area contributed by atoms with Gasteiger partial charge in [-0.3, -0.25) is 19.7 Å². The topological polar surface area (TPSA) is 92.5 Å². The Balaban J connectivity index is 2.49. The molecule has 2 unspecified atom stereocenters. The molecule has 18 heavy (non-hydrogen) atoms. The second-order valence-electron chi connectivity index (χ2n) is 4.83. The van der Waals surface area contributed by atoms with Gasteiger partial charge in [-0.15, -0.1) is 0 Å². The van der Waals surface area contributed by atoms with Gasteiger partial charge >= 0.3 is 0 Å². The van der Waals surface area contributed by atoms with Gasteiger partial charge in [0.25, 0.3) is 0 Å². The molecule has 1 heterocycles. The van der Waals surface area contributed by atoms with Crippen molar-refractivity contribution in [1.82, 2.24) is 10.2 Å². The van der Waals surface area contributed by atoms with E-state index < -0.39 is 17.9 Å². The van der Waals surface area contributed by atoms with Gasteiger partial charge in [-0.2, -0.15) is 0 Å². The van der Waals surface area contributed by atoms with Gasteiger partial charge in [0, 0.05) is 6.42 Å². The van der Waals surface area contributed by atoms with E-state index in [1.54, 1.807) is 6.92 Å². The Labute approximate surface area is 107 Å². The number of piperazine rings is 1. The van der Waals surface area contributed by atoms with Crippen molar-refractivity contribution in [2.75, 3.05) is 13.1 Å². The molecule has 6 nitrogen and oxygen atoms in total. The van der Waals surface area contributed by atoms with Crippen molar-refractivity contribution >= 4 is 17.7 Å². The van der Waals surface area contributed by atoms with Gasteiger partial charge in [0.1, 0.15) is 12.6 Å². The highest BCUT2D eigenvalue weighted by molar-refractivity contribution is 6.04. The summed E-state index contributed by atoms with van der Waals surface area (Å²) in [6, 6.07) is -0.569. The third-order valence-corrected chi connectivity index (χ3v) is 3.25. The third-order valence-electron chi connectivity index (χ3n) is 3.25. The Hall–Kier alpha value is -1.43. The molecule has 6 heteroatoms. The van der Waals surface area contributed by atoms with E-state index in [0.29, 0.717) is 18.9 Å². The van der Waals surface area contributed by atoms with Crippen LogP contribution in [0.25, 0.3) is 0 Å². The molecule has 0 aliphatic carbocycles. The smallest absolute Gasteiger partial charge is 0.249 e. The molecule has 0 radical (unpaired) electrons. The van der Waals surface area contributed by atoms with Crippen LogP contribution in [0, 0.1) is 5.92 Å². The lowest BCUT2D eigenvalue weighted by Gasteiger charge is -2.31. The van der Waals surface area contributed by atoms with Crippen molar-refractivity contribution in [3.8, 4) is 0 Å². The number of rotatable bonds is 5. The Bertz CT molecular complexity index is 343. The first-order chi connectivity index (χ1) is 8.45. The monoisotopic (exact) mass is 255 g/mol. The van der Waals surface area contributed by atoms with Crippen LogP contribution in [0.3, 0.4) is 0 Å². The maximum absolute atomic E-state index is 12.0. The number of hydrogen-bond donors (Lipinski definition) is 2. The largest absolute Gasteiger partial charge is 0.330 e. The lowest BCUT2D eigenvalue weighted by Crippen LogP contribution is -2.58. The minimum atomic E-state index is -0.569. The van der Waals surface area contributed by atoms with Crippen LogP contribution in [0.4, 0.5) is 0 Å². The quantitative estimate of drug-likeness (QED) is 0.655. The molecular formula is C12H21N3O3. The number of nitrogens with two attached hydrogens (primary N) is 1. The molecule has 3 amide bonds. The number of hydrogen-bond acceptors (Lipinski definition) is 4. The summed E-state index contributed by atoms with van der Waals surface area (Å²) in [4.78, 5) is 36.0. The molecule has 0 bridgehead atoms. The van der Waals surface area contributed by atoms with Crippen molar-refractivity contribution in [2.45, 2.75) is 39.2 Å². The number of amides is 3. The molecule has 0 saturated carbocycles. The summed E-state index contributed by atoms with van der Waals surface area (Å²) in [7, 11) is 0. The standard InChI is InChI=1S/C12H21N3O3/c1-8(5-6-13)3-4-11(17)15-7-10(16)14-12(18)9(15)2/h8-9H,3-7,13H2,1-2H3,(H,14,16,18). The maximum atomic E-state index is 12.0. The number of nitrogens with one attached hydrogen (secondary N) is 1. The first kappa shape index (κ1) is 14.6. The molecule has 2 atom stereocenters. The highest BCUT2D eigenvalue weighted by Gasteiger charge is 2.33. The van der Waals surface area contributed by atoms with Gasteiger partial charge in [-0.25, -0.2) is 0 Å². The summed E-state index contributed by atoms with van der Waals surface area (Å²) in [5, 5.41) is 2.21. The fourth-order valence-electron chi connectivity index (χ4n) is 1.96. The predicted molar refractivity (Wildman–Crippen MR) is 66.4 cm³/mol. The maximum Gasteiger partial charge on any atom is 0.249 e. The van der Waals surface area contributed by atoms with Crippen LogP contribution in [0.5, 0.6) is 0 Å². The minimum absolute atomic E-state index is 0.0307. The molecule has 0 aromatic rings. The van der Waals surface area contributed by atoms with Gasteiger partial charge in [0.15, 0.2) is 0 Å². The normalized spacial score (nSPS) is 21.7. The van der Waals surface area contributed by atoms with Crippen LogP contribution in [-0.2, 0) is 14.4 Å². The van der Waals surface area contributed by atoms with Crippen LogP contribution in [0.1, 0.15) is 33.1 Å². The molecule has 1 aliphatic rings. The van der Waals surface area contributed by atoms with Crippen LogP contribution in [0.15, 0.2) is 0 Å². The lowest BCUT2D eigenvalue weighted by atomic mass is 10.0. The first-order valence-corrected chi connectivity index (χ1v) is 6.29. The van der Waals surface area contributed by atoms with Gasteiger partial charge in [-0.1, -0.05) is 6.92 Å². The van der Waals surface area contributed by atoms with Crippen molar-refractivity contribution in [1.29, 1.82) is 0 Å². The number of nitrogens with zero attached hydrogens (tertiary/aromatic N) is 1. The van der Waals surface area contributed by atoms with Crippen molar-refractivity contribution in [3.63, 3.8) is 0 Å². The third kappa shape index (κ3) is 3.80. The Morgan fingerprint density at radius 1 is 1.50 bits per heavy atom. The van der Waals surface area contributed by atoms with Crippen molar-refractivity contribution in [2.24, 2.45) is 11.7 Å². The van der Waals surface area contributed by atoms with E-state index in [0.717, 1.165) is 12.8 Å². The van der Waals surface area contributed by atoms with E-state index in [4.69, 9.17) is 5.73 Å². The number of imide groups is 1. The summed E-state index contributed by atoms with van der Waals surface area (Å²) in [5.41, 5.74) is 5.44. The Morgan fingerprint density at radius 3 is 2.78 bits per heavy atom. The van der Waals surface area contributed by atoms with Gasteiger partial charge in [0.2, 0.25) is 17.7 Å². The first-order valence-electron chi connectivity index (χ1n) is 6.29. The molecule has 102 valence electrons. The van der Waals surface area contributed by atoms with Crippen LogP contribution in [0.2, 0.25) is 0 Å². The van der Waals surface area contributed by atoms with Crippen LogP contribution >= 0.6 is 0 Å². The van der Waals surface area contributed by atoms with Gasteiger partial charge < -0.3 is 10.6 Å². The summed E-state index contributed by atoms with van der Waals surface area (Å²) >= 11 is 0. The molecule has 1 rings (SSSR count). The van der Waals surface area contributed by atoms with E-state index in [1.807, 2.05) is 6.92 Å². The summed E-state index contributed by atoms with van der Waals surface area (Å²) in [5.74, 6) is -0.589. The van der Waals surface area contributed by atoms with E-state index in [2.05, 4.69) is 5.32 Å². The zero-order valence-corrected chi connectivity index (χ0v) is 10.9. The lowest BCUT2D eigenvalue weighted by molar-refractivity contribution is -0.149. The molecule has 3 N–H and O–H groups in total. The molecular weight excluding hydrogens is 234 g/mol. The molecule has 0 spiro atoms. The zero-order chi connectivity index (χ0) is 13.7. The molecule has 1 fully saturated rings. The summed E-state index contributed by atoms with van der Waals surface area (Å²) in [6.45, 7) is 4.24. The molecule has 0 aromatic heterocycles. The number of carbonyl (C=O) groups excluding carboxylic acids is 3. The van der Waals surface area contributed by atoms with Crippen molar-refractivity contribution in [3.05, 3.63) is 0 Å². The van der Waals surface area contributed by atoms with Crippen LogP contribution in [-0.4, -0.2) is 41.8 Å². The minimum Gasteiger partial charge on any atom is -0.330 e. The van der Waals surface area contributed by atoms with Crippen molar-refractivity contribution < 1.29 is 14.4 Å². The highest BCUT2D eigenvalue weighted by atomic mass is 16.2.